The molecule has 2 heteroatoms. The molecule has 0 bridgehead atoms. The molecule has 0 saturated heterocycles. The molecule has 2 nitrogen and oxygen atoms in total. The first-order valence-corrected chi connectivity index (χ1v) is 6.62. The average Bonchev–Trinajstić information content (AvgIpc) is 2.43. The minimum Gasteiger partial charge on any atom is -0.329 e. The molecular weight excluding hydrogens is 232 g/mol. The average molecular weight is 250 g/mol. The van der Waals surface area contributed by atoms with Crippen LogP contribution in [-0.4, -0.2) is 4.98 Å². The lowest BCUT2D eigenvalue weighted by Crippen LogP contribution is -2.21. The second kappa shape index (κ2) is 4.54. The Labute approximate surface area is 114 Å². The van der Waals surface area contributed by atoms with E-state index in [1.807, 2.05) is 6.20 Å². The van der Waals surface area contributed by atoms with Crippen LogP contribution in [0.2, 0.25) is 0 Å². The second-order valence-electron chi connectivity index (χ2n) is 5.23. The summed E-state index contributed by atoms with van der Waals surface area (Å²) in [5.74, 6) is 1.01. The number of aromatic nitrogens is 1. The molecule has 0 spiro atoms. The molecule has 0 radical (unpaired) electrons. The van der Waals surface area contributed by atoms with Gasteiger partial charge in [0.05, 0.1) is 0 Å². The number of rotatable bonds is 1. The summed E-state index contributed by atoms with van der Waals surface area (Å²) in [6, 6.07) is 8.58. The number of pyridine rings is 1. The van der Waals surface area contributed by atoms with Gasteiger partial charge in [0.2, 0.25) is 0 Å². The molecule has 0 aliphatic carbocycles. The van der Waals surface area contributed by atoms with E-state index >= 15 is 0 Å². The molecule has 0 amide bonds. The van der Waals surface area contributed by atoms with Gasteiger partial charge in [0, 0.05) is 18.9 Å². The van der Waals surface area contributed by atoms with Crippen molar-refractivity contribution in [2.45, 2.75) is 27.3 Å². The summed E-state index contributed by atoms with van der Waals surface area (Å²) >= 11 is 0. The number of fused-ring (bicyclic) bond motifs is 1. The standard InChI is InChI=1S/C17H18N2/c1-12-4-7-17(18-10-12)19-9-8-15-13(2)5-6-14(3)16(15)11-19/h4-10H,11H2,1-3H3. The Hall–Kier alpha value is -2.09. The minimum atomic E-state index is 0.898. The van der Waals surface area contributed by atoms with E-state index in [0.29, 0.717) is 0 Å². The highest BCUT2D eigenvalue weighted by Gasteiger charge is 2.16. The zero-order chi connectivity index (χ0) is 13.4. The van der Waals surface area contributed by atoms with E-state index in [-0.39, 0.29) is 0 Å². The fourth-order valence-corrected chi connectivity index (χ4v) is 2.51. The topological polar surface area (TPSA) is 16.1 Å². The summed E-state index contributed by atoms with van der Waals surface area (Å²) in [5.41, 5.74) is 6.65. The van der Waals surface area contributed by atoms with Crippen molar-refractivity contribution in [3.8, 4) is 0 Å². The third kappa shape index (κ3) is 2.14. The Morgan fingerprint density at radius 3 is 2.53 bits per heavy atom. The lowest BCUT2D eigenvalue weighted by atomic mass is 9.95. The summed E-state index contributed by atoms with van der Waals surface area (Å²) in [6.45, 7) is 7.31. The molecule has 0 N–H and O–H groups in total. The van der Waals surface area contributed by atoms with Gasteiger partial charge < -0.3 is 4.90 Å². The van der Waals surface area contributed by atoms with Gasteiger partial charge in [-0.3, -0.25) is 0 Å². The summed E-state index contributed by atoms with van der Waals surface area (Å²) < 4.78 is 0. The normalized spacial score (nSPS) is 13.5. The van der Waals surface area contributed by atoms with E-state index in [0.717, 1.165) is 12.4 Å². The Bertz CT molecular complexity index is 639. The van der Waals surface area contributed by atoms with E-state index in [9.17, 15) is 0 Å². The molecule has 96 valence electrons. The third-order valence-corrected chi connectivity index (χ3v) is 3.75. The van der Waals surface area contributed by atoms with Crippen LogP contribution in [0, 0.1) is 20.8 Å². The van der Waals surface area contributed by atoms with Gasteiger partial charge >= 0.3 is 0 Å². The van der Waals surface area contributed by atoms with Crippen molar-refractivity contribution in [2.24, 2.45) is 0 Å². The summed E-state index contributed by atoms with van der Waals surface area (Å²) in [6.07, 6.45) is 6.25. The molecule has 1 aromatic heterocycles. The Balaban J connectivity index is 1.99. The quantitative estimate of drug-likeness (QED) is 0.760. The number of hydrogen-bond donors (Lipinski definition) is 0. The van der Waals surface area contributed by atoms with Crippen molar-refractivity contribution in [1.82, 2.24) is 4.98 Å². The van der Waals surface area contributed by atoms with E-state index in [2.05, 4.69) is 67.2 Å². The zero-order valence-corrected chi connectivity index (χ0v) is 11.6. The third-order valence-electron chi connectivity index (χ3n) is 3.75. The molecule has 0 saturated carbocycles. The van der Waals surface area contributed by atoms with Crippen LogP contribution < -0.4 is 4.90 Å². The van der Waals surface area contributed by atoms with Crippen LogP contribution in [0.5, 0.6) is 0 Å². The highest BCUT2D eigenvalue weighted by molar-refractivity contribution is 5.66. The number of nitrogens with zero attached hydrogens (tertiary/aromatic N) is 2. The van der Waals surface area contributed by atoms with Crippen LogP contribution in [0.3, 0.4) is 0 Å². The number of aryl methyl sites for hydroxylation is 3. The maximum atomic E-state index is 4.50. The lowest BCUT2D eigenvalue weighted by Gasteiger charge is -2.26. The van der Waals surface area contributed by atoms with Gasteiger partial charge in [0.25, 0.3) is 0 Å². The number of hydrogen-bond acceptors (Lipinski definition) is 2. The number of benzene rings is 1. The highest BCUT2D eigenvalue weighted by Crippen LogP contribution is 2.28. The molecule has 1 aliphatic rings. The van der Waals surface area contributed by atoms with Crippen molar-refractivity contribution < 1.29 is 0 Å². The van der Waals surface area contributed by atoms with E-state index < -0.39 is 0 Å². The molecule has 19 heavy (non-hydrogen) atoms. The van der Waals surface area contributed by atoms with Crippen molar-refractivity contribution in [2.75, 3.05) is 4.90 Å². The largest absolute Gasteiger partial charge is 0.329 e. The number of anilines is 1. The predicted molar refractivity (Wildman–Crippen MR) is 80.1 cm³/mol. The summed E-state index contributed by atoms with van der Waals surface area (Å²) in [5, 5.41) is 0. The van der Waals surface area contributed by atoms with Crippen LogP contribution in [0.4, 0.5) is 5.82 Å². The molecular formula is C17H18N2. The first-order chi connectivity index (χ1) is 9.15. The maximum Gasteiger partial charge on any atom is 0.132 e. The lowest BCUT2D eigenvalue weighted by molar-refractivity contribution is 0.914. The Morgan fingerprint density at radius 1 is 1.00 bits per heavy atom. The SMILES string of the molecule is Cc1ccc(N2C=Cc3c(C)ccc(C)c3C2)nc1. The van der Waals surface area contributed by atoms with Gasteiger partial charge in [-0.25, -0.2) is 4.98 Å². The van der Waals surface area contributed by atoms with Crippen LogP contribution in [0.15, 0.2) is 36.7 Å². The maximum absolute atomic E-state index is 4.50. The molecule has 2 heterocycles. The Kier molecular flexibility index (Phi) is 2.86. The second-order valence-corrected chi connectivity index (χ2v) is 5.23. The van der Waals surface area contributed by atoms with Gasteiger partial charge in [-0.1, -0.05) is 18.2 Å². The molecule has 1 aromatic carbocycles. The van der Waals surface area contributed by atoms with Gasteiger partial charge in [0.15, 0.2) is 0 Å². The van der Waals surface area contributed by atoms with Crippen LogP contribution >= 0.6 is 0 Å². The van der Waals surface area contributed by atoms with Gasteiger partial charge in [-0.2, -0.15) is 0 Å². The minimum absolute atomic E-state index is 0.898. The van der Waals surface area contributed by atoms with Gasteiger partial charge in [-0.05, 0) is 60.7 Å². The van der Waals surface area contributed by atoms with Crippen molar-refractivity contribution in [3.63, 3.8) is 0 Å². The van der Waals surface area contributed by atoms with Crippen molar-refractivity contribution >= 4 is 11.9 Å². The Morgan fingerprint density at radius 2 is 1.79 bits per heavy atom. The zero-order valence-electron chi connectivity index (χ0n) is 11.6. The monoisotopic (exact) mass is 250 g/mol. The van der Waals surface area contributed by atoms with E-state index in [1.165, 1.54) is 27.8 Å². The molecule has 3 rings (SSSR count). The first kappa shape index (κ1) is 12.0. The molecule has 2 aromatic rings. The molecule has 1 aliphatic heterocycles. The highest BCUT2D eigenvalue weighted by atomic mass is 15.2. The fourth-order valence-electron chi connectivity index (χ4n) is 2.51. The summed E-state index contributed by atoms with van der Waals surface area (Å²) in [7, 11) is 0. The summed E-state index contributed by atoms with van der Waals surface area (Å²) in [4.78, 5) is 6.70. The van der Waals surface area contributed by atoms with Gasteiger partial charge in [-0.15, -0.1) is 0 Å². The van der Waals surface area contributed by atoms with Gasteiger partial charge in [0.1, 0.15) is 5.82 Å². The van der Waals surface area contributed by atoms with E-state index in [4.69, 9.17) is 0 Å². The van der Waals surface area contributed by atoms with E-state index in [1.54, 1.807) is 0 Å². The molecule has 0 fully saturated rings. The van der Waals surface area contributed by atoms with Crippen LogP contribution in [0.25, 0.3) is 6.08 Å². The van der Waals surface area contributed by atoms with Crippen molar-refractivity contribution in [1.29, 1.82) is 0 Å². The first-order valence-electron chi connectivity index (χ1n) is 6.62. The fraction of sp³-hybridized carbons (Fsp3) is 0.235. The van der Waals surface area contributed by atoms with Crippen LogP contribution in [0.1, 0.15) is 27.8 Å². The predicted octanol–water partition coefficient (Wildman–Crippen LogP) is 4.00. The van der Waals surface area contributed by atoms with Crippen molar-refractivity contribution in [3.05, 3.63) is 64.5 Å². The smallest absolute Gasteiger partial charge is 0.132 e. The van der Waals surface area contributed by atoms with Crippen LogP contribution in [-0.2, 0) is 6.54 Å². The molecule has 0 unspecified atom stereocenters. The molecule has 0 atom stereocenters.